The second-order valence-corrected chi connectivity index (χ2v) is 8.92. The van der Waals surface area contributed by atoms with Gasteiger partial charge < -0.3 is 5.32 Å². The predicted molar refractivity (Wildman–Crippen MR) is 87.0 cm³/mol. The molecular weight excluding hydrogens is 312 g/mol. The SMILES string of the molecule is CSCCCCNS(=O)(=O)c1cc(CNC2CC2)cs1. The number of hydrogen-bond acceptors (Lipinski definition) is 5. The number of rotatable bonds is 10. The van der Waals surface area contributed by atoms with Gasteiger partial charge in [0.2, 0.25) is 10.0 Å². The van der Waals surface area contributed by atoms with Crippen molar-refractivity contribution in [2.45, 2.75) is 42.5 Å². The van der Waals surface area contributed by atoms with E-state index in [2.05, 4.69) is 16.3 Å². The van der Waals surface area contributed by atoms with E-state index in [-0.39, 0.29) is 0 Å². The molecule has 0 aromatic carbocycles. The van der Waals surface area contributed by atoms with Gasteiger partial charge in [0, 0.05) is 19.1 Å². The van der Waals surface area contributed by atoms with Gasteiger partial charge in [0.1, 0.15) is 4.21 Å². The lowest BCUT2D eigenvalue weighted by Gasteiger charge is -2.04. The molecule has 7 heteroatoms. The van der Waals surface area contributed by atoms with E-state index in [1.54, 1.807) is 17.8 Å². The fraction of sp³-hybridized carbons (Fsp3) is 0.692. The van der Waals surface area contributed by atoms with Crippen LogP contribution in [0, 0.1) is 0 Å². The van der Waals surface area contributed by atoms with Crippen molar-refractivity contribution < 1.29 is 8.42 Å². The highest BCUT2D eigenvalue weighted by Crippen LogP contribution is 2.23. The van der Waals surface area contributed by atoms with Gasteiger partial charge >= 0.3 is 0 Å². The van der Waals surface area contributed by atoms with Crippen LogP contribution in [-0.2, 0) is 16.6 Å². The van der Waals surface area contributed by atoms with Gasteiger partial charge in [-0.05, 0) is 54.7 Å². The standard InChI is InChI=1S/C13H22N2O2S3/c1-18-7-3-2-6-15-20(16,17)13-8-11(10-19-13)9-14-12-4-5-12/h8,10,12,14-15H,2-7,9H2,1H3. The third-order valence-corrected chi connectivity index (χ3v) is 6.78. The molecule has 20 heavy (non-hydrogen) atoms. The van der Waals surface area contributed by atoms with Crippen molar-refractivity contribution in [1.29, 1.82) is 0 Å². The summed E-state index contributed by atoms with van der Waals surface area (Å²) in [5.74, 6) is 1.08. The van der Waals surface area contributed by atoms with Crippen LogP contribution in [0.3, 0.4) is 0 Å². The Bertz CT molecular complexity index is 509. The first kappa shape index (κ1) is 16.3. The monoisotopic (exact) mass is 334 g/mol. The van der Waals surface area contributed by atoms with E-state index in [1.165, 1.54) is 24.2 Å². The predicted octanol–water partition coefficient (Wildman–Crippen LogP) is 2.42. The summed E-state index contributed by atoms with van der Waals surface area (Å²) in [5.41, 5.74) is 1.06. The fourth-order valence-corrected chi connectivity index (χ4v) is 4.61. The topological polar surface area (TPSA) is 58.2 Å². The Morgan fingerprint density at radius 1 is 1.40 bits per heavy atom. The first-order valence-corrected chi connectivity index (χ1v) is 10.7. The second kappa shape index (κ2) is 7.79. The lowest BCUT2D eigenvalue weighted by atomic mass is 10.3. The Kier molecular flexibility index (Phi) is 6.35. The van der Waals surface area contributed by atoms with E-state index in [4.69, 9.17) is 0 Å². The summed E-state index contributed by atoms with van der Waals surface area (Å²) in [7, 11) is -3.32. The number of unbranched alkanes of at least 4 members (excludes halogenated alkanes) is 1. The lowest BCUT2D eigenvalue weighted by molar-refractivity contribution is 0.580. The summed E-state index contributed by atoms with van der Waals surface area (Å²) >= 11 is 3.09. The largest absolute Gasteiger partial charge is 0.310 e. The van der Waals surface area contributed by atoms with Crippen LogP contribution in [0.2, 0.25) is 0 Å². The van der Waals surface area contributed by atoms with Crippen molar-refractivity contribution in [1.82, 2.24) is 10.0 Å². The van der Waals surface area contributed by atoms with Gasteiger partial charge in [0.05, 0.1) is 0 Å². The summed E-state index contributed by atoms with van der Waals surface area (Å²) in [4.78, 5) is 0. The summed E-state index contributed by atoms with van der Waals surface area (Å²) in [5, 5.41) is 5.32. The van der Waals surface area contributed by atoms with Crippen molar-refractivity contribution in [3.05, 3.63) is 17.0 Å². The third kappa shape index (κ3) is 5.37. The Labute approximate surface area is 129 Å². The van der Waals surface area contributed by atoms with Crippen molar-refractivity contribution in [3.8, 4) is 0 Å². The normalized spacial score (nSPS) is 15.7. The molecule has 0 spiro atoms. The smallest absolute Gasteiger partial charge is 0.250 e. The molecule has 0 atom stereocenters. The number of sulfonamides is 1. The average molecular weight is 335 g/mol. The van der Waals surface area contributed by atoms with E-state index in [0.29, 0.717) is 16.8 Å². The molecule has 2 rings (SSSR count). The van der Waals surface area contributed by atoms with E-state index >= 15 is 0 Å². The summed E-state index contributed by atoms with van der Waals surface area (Å²) < 4.78 is 27.3. The average Bonchev–Trinajstić information content (AvgIpc) is 3.12. The lowest BCUT2D eigenvalue weighted by Crippen LogP contribution is -2.24. The molecule has 1 fully saturated rings. The first-order chi connectivity index (χ1) is 9.62. The van der Waals surface area contributed by atoms with Gasteiger partial charge in [-0.25, -0.2) is 13.1 Å². The highest BCUT2D eigenvalue weighted by atomic mass is 32.2. The van der Waals surface area contributed by atoms with Crippen LogP contribution < -0.4 is 10.0 Å². The second-order valence-electron chi connectivity index (χ2n) is 5.03. The number of hydrogen-bond donors (Lipinski definition) is 2. The van der Waals surface area contributed by atoms with Crippen LogP contribution in [0.4, 0.5) is 0 Å². The van der Waals surface area contributed by atoms with Gasteiger partial charge in [0.25, 0.3) is 0 Å². The zero-order valence-corrected chi connectivity index (χ0v) is 14.2. The Balaban J connectivity index is 1.78. The maximum atomic E-state index is 12.1. The van der Waals surface area contributed by atoms with E-state index in [9.17, 15) is 8.42 Å². The zero-order valence-electron chi connectivity index (χ0n) is 11.7. The maximum Gasteiger partial charge on any atom is 0.250 e. The van der Waals surface area contributed by atoms with Crippen LogP contribution >= 0.6 is 23.1 Å². The number of thiophene rings is 1. The quantitative estimate of drug-likeness (QED) is 0.645. The summed E-state index contributed by atoms with van der Waals surface area (Å²) in [6.07, 6.45) is 6.49. The number of thioether (sulfide) groups is 1. The molecule has 0 radical (unpaired) electrons. The van der Waals surface area contributed by atoms with Gasteiger partial charge in [0.15, 0.2) is 0 Å². The molecule has 0 amide bonds. The minimum absolute atomic E-state index is 0.426. The molecule has 1 aromatic heterocycles. The molecule has 1 aliphatic carbocycles. The van der Waals surface area contributed by atoms with Gasteiger partial charge in [-0.1, -0.05) is 0 Å². The van der Waals surface area contributed by atoms with E-state index in [1.807, 2.05) is 5.38 Å². The highest BCUT2D eigenvalue weighted by Gasteiger charge is 2.21. The molecule has 1 aliphatic rings. The molecule has 1 aromatic rings. The van der Waals surface area contributed by atoms with Crippen LogP contribution in [0.1, 0.15) is 31.2 Å². The van der Waals surface area contributed by atoms with E-state index < -0.39 is 10.0 Å². The molecule has 0 bridgehead atoms. The van der Waals surface area contributed by atoms with Crippen molar-refractivity contribution >= 4 is 33.1 Å². The van der Waals surface area contributed by atoms with Crippen molar-refractivity contribution in [2.75, 3.05) is 18.6 Å². The summed E-state index contributed by atoms with van der Waals surface area (Å²) in [6, 6.07) is 2.43. The minimum atomic E-state index is -3.32. The molecule has 4 nitrogen and oxygen atoms in total. The Morgan fingerprint density at radius 3 is 2.90 bits per heavy atom. The van der Waals surface area contributed by atoms with Gasteiger partial charge in [-0.3, -0.25) is 0 Å². The zero-order chi connectivity index (χ0) is 14.4. The Hall–Kier alpha value is -0.0800. The van der Waals surface area contributed by atoms with Crippen molar-refractivity contribution in [3.63, 3.8) is 0 Å². The molecule has 1 saturated carbocycles. The van der Waals surface area contributed by atoms with E-state index in [0.717, 1.165) is 30.7 Å². The fourth-order valence-electron chi connectivity index (χ4n) is 1.79. The van der Waals surface area contributed by atoms with Gasteiger partial charge in [-0.15, -0.1) is 11.3 Å². The van der Waals surface area contributed by atoms with Crippen LogP contribution in [0.25, 0.3) is 0 Å². The van der Waals surface area contributed by atoms with Gasteiger partial charge in [-0.2, -0.15) is 11.8 Å². The first-order valence-electron chi connectivity index (χ1n) is 6.91. The number of nitrogens with one attached hydrogen (secondary N) is 2. The highest BCUT2D eigenvalue weighted by molar-refractivity contribution is 7.98. The molecular formula is C13H22N2O2S3. The molecule has 0 saturated heterocycles. The maximum absolute atomic E-state index is 12.1. The molecule has 2 N–H and O–H groups in total. The molecule has 0 unspecified atom stereocenters. The van der Waals surface area contributed by atoms with Crippen LogP contribution in [0.15, 0.2) is 15.7 Å². The Morgan fingerprint density at radius 2 is 2.20 bits per heavy atom. The third-order valence-electron chi connectivity index (χ3n) is 3.13. The van der Waals surface area contributed by atoms with Crippen molar-refractivity contribution in [2.24, 2.45) is 0 Å². The van der Waals surface area contributed by atoms with Crippen LogP contribution in [-0.4, -0.2) is 33.0 Å². The molecule has 114 valence electrons. The molecule has 0 aliphatic heterocycles. The minimum Gasteiger partial charge on any atom is -0.310 e. The molecule has 1 heterocycles. The summed E-state index contributed by atoms with van der Waals surface area (Å²) in [6.45, 7) is 1.29. The van der Waals surface area contributed by atoms with Crippen LogP contribution in [0.5, 0.6) is 0 Å².